The average molecular weight is 200 g/mol. The van der Waals surface area contributed by atoms with Gasteiger partial charge in [0.25, 0.3) is 0 Å². The number of nitrogen functional groups attached to an aromatic ring is 1. The van der Waals surface area contributed by atoms with Gasteiger partial charge >= 0.3 is 0 Å². The van der Waals surface area contributed by atoms with Gasteiger partial charge in [0.1, 0.15) is 0 Å². The monoisotopic (exact) mass is 200 g/mol. The van der Waals surface area contributed by atoms with Gasteiger partial charge in [-0.1, -0.05) is 0 Å². The Balaban J connectivity index is 3.56. The Morgan fingerprint density at radius 3 is 2.46 bits per heavy atom. The molecule has 0 fully saturated rings. The van der Waals surface area contributed by atoms with Gasteiger partial charge in [0.15, 0.2) is 10.0 Å². The topological polar surface area (TPSA) is 87.2 Å². The molecule has 0 aliphatic heterocycles. The molecule has 1 aromatic rings. The van der Waals surface area contributed by atoms with Crippen LogP contribution in [0.25, 0.3) is 0 Å². The molecule has 0 spiro atoms. The van der Waals surface area contributed by atoms with Crippen LogP contribution in [-0.2, 0) is 10.0 Å². The summed E-state index contributed by atoms with van der Waals surface area (Å²) < 4.78 is 27.2. The second kappa shape index (κ2) is 3.01. The van der Waals surface area contributed by atoms with Gasteiger partial charge in [-0.2, -0.15) is 0 Å². The summed E-state index contributed by atoms with van der Waals surface area (Å²) in [5.74, 6) is 0. The summed E-state index contributed by atoms with van der Waals surface area (Å²) in [6, 6.07) is 3.08. The third kappa shape index (κ3) is 1.99. The zero-order chi connectivity index (χ0) is 10.2. The molecule has 0 amide bonds. The Kier molecular flexibility index (Phi) is 2.32. The molecule has 0 heterocycles. The minimum atomic E-state index is -3.66. The van der Waals surface area contributed by atoms with Gasteiger partial charge in [-0.25, -0.2) is 8.99 Å². The normalized spacial score (nSPS) is 15.3. The first-order chi connectivity index (χ1) is 5.82. The van der Waals surface area contributed by atoms with E-state index in [1.54, 1.807) is 19.9 Å². The van der Waals surface area contributed by atoms with Crippen LogP contribution in [0.3, 0.4) is 0 Å². The summed E-state index contributed by atoms with van der Waals surface area (Å²) in [4.78, 5) is 0.102. The molecule has 72 valence electrons. The van der Waals surface area contributed by atoms with E-state index in [1.807, 2.05) is 0 Å². The lowest BCUT2D eigenvalue weighted by Gasteiger charge is -2.08. The number of nitrogens with one attached hydrogen (secondary N) is 1. The highest BCUT2D eigenvalue weighted by molar-refractivity contribution is 7.87. The third-order valence-electron chi connectivity index (χ3n) is 1.94. The van der Waals surface area contributed by atoms with Crippen LogP contribution in [0, 0.1) is 18.6 Å². The minimum absolute atomic E-state index is 0.102. The van der Waals surface area contributed by atoms with Crippen molar-refractivity contribution in [2.24, 2.45) is 0 Å². The van der Waals surface area contributed by atoms with E-state index in [2.05, 4.69) is 0 Å². The summed E-state index contributed by atoms with van der Waals surface area (Å²) >= 11 is 0. The first kappa shape index (κ1) is 10.0. The van der Waals surface area contributed by atoms with Crippen molar-refractivity contribution in [2.45, 2.75) is 18.7 Å². The van der Waals surface area contributed by atoms with Crippen molar-refractivity contribution in [1.29, 1.82) is 4.78 Å². The number of hydrogen-bond donors (Lipinski definition) is 3. The molecule has 1 aromatic carbocycles. The predicted octanol–water partition coefficient (Wildman–Crippen LogP) is 1.76. The van der Waals surface area contributed by atoms with Crippen molar-refractivity contribution in [3.63, 3.8) is 0 Å². The Morgan fingerprint density at radius 1 is 1.46 bits per heavy atom. The second-order valence-corrected chi connectivity index (χ2v) is 4.48. The summed E-state index contributed by atoms with van der Waals surface area (Å²) in [5, 5.41) is 0. The molecule has 0 aliphatic carbocycles. The standard InChI is InChI=1S/C8H12N2O2S/c1-5-3-7(9)4-8(6(5)2)13(10,11)12/h3-4H,9H2,1-2H3,(H2,10,11,12). The lowest BCUT2D eigenvalue weighted by Crippen LogP contribution is -2.02. The van der Waals surface area contributed by atoms with E-state index in [-0.39, 0.29) is 4.90 Å². The largest absolute Gasteiger partial charge is 0.399 e. The molecule has 1 unspecified atom stereocenters. The van der Waals surface area contributed by atoms with E-state index < -0.39 is 10.0 Å². The van der Waals surface area contributed by atoms with Crippen molar-refractivity contribution in [1.82, 2.24) is 0 Å². The third-order valence-corrected chi connectivity index (χ3v) is 2.96. The van der Waals surface area contributed by atoms with Gasteiger partial charge < -0.3 is 5.73 Å². The first-order valence-electron chi connectivity index (χ1n) is 3.70. The van der Waals surface area contributed by atoms with E-state index in [0.717, 1.165) is 5.56 Å². The average Bonchev–Trinajstić information content (AvgIpc) is 1.94. The molecule has 13 heavy (non-hydrogen) atoms. The molecule has 0 aliphatic rings. The smallest absolute Gasteiger partial charge is 0.188 e. The fraction of sp³-hybridized carbons (Fsp3) is 0.250. The number of aryl methyl sites for hydroxylation is 1. The Labute approximate surface area is 77.6 Å². The van der Waals surface area contributed by atoms with E-state index in [0.29, 0.717) is 11.3 Å². The first-order valence-corrected chi connectivity index (χ1v) is 5.22. The molecule has 0 aromatic heterocycles. The van der Waals surface area contributed by atoms with Crippen LogP contribution in [0.4, 0.5) is 5.69 Å². The van der Waals surface area contributed by atoms with Crippen molar-refractivity contribution < 1.29 is 8.76 Å². The molecule has 0 saturated heterocycles. The molecule has 0 bridgehead atoms. The van der Waals surface area contributed by atoms with Crippen molar-refractivity contribution in [3.05, 3.63) is 23.3 Å². The number of anilines is 1. The molecule has 0 saturated carbocycles. The zero-order valence-electron chi connectivity index (χ0n) is 7.50. The molecule has 1 atom stereocenters. The Hall–Kier alpha value is -1.07. The zero-order valence-corrected chi connectivity index (χ0v) is 8.31. The maximum absolute atomic E-state index is 11.1. The maximum Gasteiger partial charge on any atom is 0.188 e. The van der Waals surface area contributed by atoms with Crippen LogP contribution in [-0.4, -0.2) is 8.76 Å². The van der Waals surface area contributed by atoms with Crippen LogP contribution in [0.15, 0.2) is 17.0 Å². The van der Waals surface area contributed by atoms with Crippen LogP contribution >= 0.6 is 0 Å². The molecule has 0 radical (unpaired) electrons. The lowest BCUT2D eigenvalue weighted by atomic mass is 10.1. The van der Waals surface area contributed by atoms with Crippen LogP contribution < -0.4 is 5.73 Å². The van der Waals surface area contributed by atoms with E-state index >= 15 is 0 Å². The number of benzene rings is 1. The van der Waals surface area contributed by atoms with Crippen LogP contribution in [0.5, 0.6) is 0 Å². The highest BCUT2D eigenvalue weighted by Crippen LogP contribution is 2.22. The Bertz CT molecular complexity index is 438. The van der Waals surface area contributed by atoms with Gasteiger partial charge in [0, 0.05) is 5.69 Å². The van der Waals surface area contributed by atoms with Gasteiger partial charge in [-0.15, -0.1) is 0 Å². The quantitative estimate of drug-likeness (QED) is 0.604. The van der Waals surface area contributed by atoms with Crippen molar-refractivity contribution >= 4 is 15.7 Å². The summed E-state index contributed by atoms with van der Waals surface area (Å²) in [7, 11) is -3.66. The van der Waals surface area contributed by atoms with Gasteiger partial charge in [0.2, 0.25) is 0 Å². The van der Waals surface area contributed by atoms with Crippen molar-refractivity contribution in [2.75, 3.05) is 5.73 Å². The van der Waals surface area contributed by atoms with Gasteiger partial charge in [-0.3, -0.25) is 4.55 Å². The summed E-state index contributed by atoms with van der Waals surface area (Å²) in [6.07, 6.45) is 0. The Morgan fingerprint density at radius 2 is 2.00 bits per heavy atom. The van der Waals surface area contributed by atoms with E-state index in [1.165, 1.54) is 6.07 Å². The lowest BCUT2D eigenvalue weighted by molar-refractivity contribution is 0.547. The number of nitrogens with two attached hydrogens (primary N) is 1. The van der Waals surface area contributed by atoms with E-state index in [9.17, 15) is 4.21 Å². The van der Waals surface area contributed by atoms with Gasteiger partial charge in [-0.05, 0) is 37.1 Å². The molecule has 5 heteroatoms. The van der Waals surface area contributed by atoms with E-state index in [4.69, 9.17) is 15.1 Å². The minimum Gasteiger partial charge on any atom is -0.399 e. The molecular formula is C8H12N2O2S. The summed E-state index contributed by atoms with van der Waals surface area (Å²) in [5.41, 5.74) is 7.39. The predicted molar refractivity (Wildman–Crippen MR) is 52.1 cm³/mol. The highest BCUT2D eigenvalue weighted by Gasteiger charge is 2.11. The molecule has 4 N–H and O–H groups in total. The fourth-order valence-electron chi connectivity index (χ4n) is 1.14. The molecule has 1 rings (SSSR count). The van der Waals surface area contributed by atoms with Crippen molar-refractivity contribution in [3.8, 4) is 0 Å². The van der Waals surface area contributed by atoms with Gasteiger partial charge in [0.05, 0.1) is 4.90 Å². The molecule has 4 nitrogen and oxygen atoms in total. The number of hydrogen-bond acceptors (Lipinski definition) is 3. The second-order valence-electron chi connectivity index (χ2n) is 2.99. The highest BCUT2D eigenvalue weighted by atomic mass is 32.2. The SMILES string of the molecule is Cc1cc(N)cc(S(=N)(=O)O)c1C. The molecular weight excluding hydrogens is 188 g/mol. The number of rotatable bonds is 1. The van der Waals surface area contributed by atoms with Crippen LogP contribution in [0.2, 0.25) is 0 Å². The fourth-order valence-corrected chi connectivity index (χ4v) is 2.01. The van der Waals surface area contributed by atoms with Crippen LogP contribution in [0.1, 0.15) is 11.1 Å². The summed E-state index contributed by atoms with van der Waals surface area (Å²) in [6.45, 7) is 3.49. The maximum atomic E-state index is 11.1.